The second kappa shape index (κ2) is 6.70. The molecule has 0 N–H and O–H groups in total. The Hall–Kier alpha value is -0.210. The zero-order valence-electron chi connectivity index (χ0n) is 13.0. The van der Waals surface area contributed by atoms with E-state index in [2.05, 4.69) is 25.9 Å². The third kappa shape index (κ3) is 3.33. The largest absolute Gasteiger partial charge is 0.268 e. The molecule has 2 nitrogen and oxygen atoms in total. The lowest BCUT2D eigenvalue weighted by molar-refractivity contribution is 0.216. The molecular weight excluding hydrogens is 291 g/mol. The van der Waals surface area contributed by atoms with Crippen molar-refractivity contribution in [1.82, 2.24) is 9.78 Å². The first-order valence-corrected chi connectivity index (χ1v) is 8.61. The van der Waals surface area contributed by atoms with Crippen LogP contribution < -0.4 is 0 Å². The van der Waals surface area contributed by atoms with Crippen LogP contribution in [-0.2, 0) is 13.0 Å². The molecule has 1 fully saturated rings. The molecule has 3 unspecified atom stereocenters. The van der Waals surface area contributed by atoms with Crippen molar-refractivity contribution in [1.29, 1.82) is 0 Å². The molecule has 0 aliphatic heterocycles. The molecule has 0 amide bonds. The summed E-state index contributed by atoms with van der Waals surface area (Å²) in [5, 5.41) is 5.63. The minimum atomic E-state index is 0.279. The molecule has 114 valence electrons. The first-order chi connectivity index (χ1) is 9.43. The van der Waals surface area contributed by atoms with Crippen molar-refractivity contribution >= 4 is 23.2 Å². The van der Waals surface area contributed by atoms with Crippen molar-refractivity contribution < 1.29 is 0 Å². The number of aromatic nitrogens is 2. The molecule has 1 aliphatic rings. The highest BCUT2D eigenvalue weighted by Gasteiger charge is 2.32. The first kappa shape index (κ1) is 16.2. The first-order valence-electron chi connectivity index (χ1n) is 7.79. The Bertz CT molecular complexity index is 454. The third-order valence-corrected chi connectivity index (χ3v) is 5.85. The van der Waals surface area contributed by atoms with E-state index in [1.165, 1.54) is 18.5 Å². The molecule has 1 heterocycles. The van der Waals surface area contributed by atoms with Crippen LogP contribution in [0.4, 0.5) is 0 Å². The highest BCUT2D eigenvalue weighted by atomic mass is 35.5. The summed E-state index contributed by atoms with van der Waals surface area (Å²) < 4.78 is 2.04. The van der Waals surface area contributed by atoms with Crippen molar-refractivity contribution in [2.45, 2.75) is 65.3 Å². The van der Waals surface area contributed by atoms with Crippen LogP contribution in [0.1, 0.15) is 51.4 Å². The molecule has 1 saturated carbocycles. The van der Waals surface area contributed by atoms with Crippen LogP contribution in [-0.4, -0.2) is 15.2 Å². The van der Waals surface area contributed by atoms with Crippen LogP contribution in [0.2, 0.25) is 5.02 Å². The van der Waals surface area contributed by atoms with Gasteiger partial charge in [0.25, 0.3) is 0 Å². The fourth-order valence-corrected chi connectivity index (χ4v) is 3.92. The van der Waals surface area contributed by atoms with E-state index in [1.54, 1.807) is 0 Å². The fraction of sp³-hybridized carbons (Fsp3) is 0.812. The van der Waals surface area contributed by atoms with Crippen molar-refractivity contribution in [3.05, 3.63) is 16.4 Å². The molecule has 4 heteroatoms. The predicted molar refractivity (Wildman–Crippen MR) is 86.7 cm³/mol. The second-order valence-corrected chi connectivity index (χ2v) is 7.40. The SMILES string of the molecule is CCn1nc(C)c(Cl)c1CC1CC(C(C)C)CCC1Cl. The summed E-state index contributed by atoms with van der Waals surface area (Å²) in [5.74, 6) is 2.07. The van der Waals surface area contributed by atoms with E-state index in [1.807, 2.05) is 11.6 Å². The van der Waals surface area contributed by atoms with Gasteiger partial charge in [-0.1, -0.05) is 25.4 Å². The zero-order valence-corrected chi connectivity index (χ0v) is 14.5. The number of aryl methyl sites for hydroxylation is 2. The maximum absolute atomic E-state index is 6.58. The van der Waals surface area contributed by atoms with Gasteiger partial charge in [0.1, 0.15) is 0 Å². The zero-order chi connectivity index (χ0) is 14.9. The number of nitrogens with zero attached hydrogens (tertiary/aromatic N) is 2. The number of alkyl halides is 1. The Morgan fingerprint density at radius 3 is 2.65 bits per heavy atom. The van der Waals surface area contributed by atoms with Crippen LogP contribution in [0.3, 0.4) is 0 Å². The van der Waals surface area contributed by atoms with Crippen molar-refractivity contribution in [2.75, 3.05) is 0 Å². The van der Waals surface area contributed by atoms with Crippen LogP contribution in [0.15, 0.2) is 0 Å². The van der Waals surface area contributed by atoms with E-state index >= 15 is 0 Å². The summed E-state index contributed by atoms with van der Waals surface area (Å²) in [6, 6.07) is 0. The van der Waals surface area contributed by atoms with Crippen LogP contribution in [0, 0.1) is 24.7 Å². The summed E-state index contributed by atoms with van der Waals surface area (Å²) in [6.07, 6.45) is 4.58. The lowest BCUT2D eigenvalue weighted by atomic mass is 9.74. The maximum Gasteiger partial charge on any atom is 0.0847 e. The number of hydrogen-bond donors (Lipinski definition) is 0. The van der Waals surface area contributed by atoms with Crippen molar-refractivity contribution in [2.24, 2.45) is 17.8 Å². The maximum atomic E-state index is 6.58. The topological polar surface area (TPSA) is 17.8 Å². The molecular formula is C16H26Cl2N2. The van der Waals surface area contributed by atoms with E-state index in [-0.39, 0.29) is 5.38 Å². The molecule has 20 heavy (non-hydrogen) atoms. The summed E-state index contributed by atoms with van der Waals surface area (Å²) in [7, 11) is 0. The molecule has 1 aromatic heterocycles. The molecule has 1 aliphatic carbocycles. The highest BCUT2D eigenvalue weighted by Crippen LogP contribution is 2.39. The van der Waals surface area contributed by atoms with E-state index in [4.69, 9.17) is 23.2 Å². The van der Waals surface area contributed by atoms with Gasteiger partial charge < -0.3 is 0 Å². The van der Waals surface area contributed by atoms with E-state index in [0.29, 0.717) is 5.92 Å². The smallest absolute Gasteiger partial charge is 0.0847 e. The molecule has 0 radical (unpaired) electrons. The van der Waals surface area contributed by atoms with Gasteiger partial charge in [0, 0.05) is 11.9 Å². The highest BCUT2D eigenvalue weighted by molar-refractivity contribution is 6.31. The minimum Gasteiger partial charge on any atom is -0.268 e. The van der Waals surface area contributed by atoms with E-state index in [0.717, 1.165) is 41.9 Å². The lowest BCUT2D eigenvalue weighted by Crippen LogP contribution is -2.30. The minimum absolute atomic E-state index is 0.279. The molecule has 1 aromatic rings. The number of hydrogen-bond acceptors (Lipinski definition) is 1. The third-order valence-electron chi connectivity index (χ3n) is 4.78. The molecule has 2 rings (SSSR count). The summed E-state index contributed by atoms with van der Waals surface area (Å²) in [6.45, 7) is 9.61. The standard InChI is InChI=1S/C16H26Cl2N2/c1-5-20-15(16(18)11(4)19-20)9-13-8-12(10(2)3)6-7-14(13)17/h10,12-14H,5-9H2,1-4H3. The predicted octanol–water partition coefficient (Wildman–Crippen LogP) is 5.09. The van der Waals surface area contributed by atoms with Gasteiger partial charge in [-0.15, -0.1) is 11.6 Å². The van der Waals surface area contributed by atoms with Gasteiger partial charge >= 0.3 is 0 Å². The fourth-order valence-electron chi connectivity index (χ4n) is 3.39. The lowest BCUT2D eigenvalue weighted by Gasteiger charge is -2.35. The Kier molecular flexibility index (Phi) is 5.42. The quantitative estimate of drug-likeness (QED) is 0.708. The second-order valence-electron chi connectivity index (χ2n) is 6.46. The Labute approximate surface area is 132 Å². The average Bonchev–Trinajstić information content (AvgIpc) is 2.68. The number of rotatable bonds is 4. The molecule has 0 spiro atoms. The monoisotopic (exact) mass is 316 g/mol. The normalized spacial score (nSPS) is 27.2. The molecule has 0 aromatic carbocycles. The number of halogens is 2. The van der Waals surface area contributed by atoms with Crippen molar-refractivity contribution in [3.63, 3.8) is 0 Å². The van der Waals surface area contributed by atoms with Gasteiger partial charge in [-0.3, -0.25) is 4.68 Å². The van der Waals surface area contributed by atoms with E-state index < -0.39 is 0 Å². The van der Waals surface area contributed by atoms with Gasteiger partial charge in [0.15, 0.2) is 0 Å². The summed E-state index contributed by atoms with van der Waals surface area (Å²) in [5.41, 5.74) is 2.11. The molecule has 3 atom stereocenters. The van der Waals surface area contributed by atoms with Gasteiger partial charge in [0.2, 0.25) is 0 Å². The summed E-state index contributed by atoms with van der Waals surface area (Å²) >= 11 is 13.0. The van der Waals surface area contributed by atoms with Gasteiger partial charge in [-0.05, 0) is 57.3 Å². The summed E-state index contributed by atoms with van der Waals surface area (Å²) in [4.78, 5) is 0. The molecule has 0 saturated heterocycles. The Morgan fingerprint density at radius 1 is 1.35 bits per heavy atom. The van der Waals surface area contributed by atoms with Crippen molar-refractivity contribution in [3.8, 4) is 0 Å². The van der Waals surface area contributed by atoms with Crippen LogP contribution >= 0.6 is 23.2 Å². The molecule has 0 bridgehead atoms. The Balaban J connectivity index is 2.15. The van der Waals surface area contributed by atoms with E-state index in [9.17, 15) is 0 Å². The average molecular weight is 317 g/mol. The Morgan fingerprint density at radius 2 is 2.05 bits per heavy atom. The van der Waals surface area contributed by atoms with Crippen LogP contribution in [0.25, 0.3) is 0 Å². The van der Waals surface area contributed by atoms with Gasteiger partial charge in [-0.25, -0.2) is 0 Å². The van der Waals surface area contributed by atoms with Crippen LogP contribution in [0.5, 0.6) is 0 Å². The van der Waals surface area contributed by atoms with Gasteiger partial charge in [0.05, 0.1) is 16.4 Å². The van der Waals surface area contributed by atoms with Gasteiger partial charge in [-0.2, -0.15) is 5.10 Å².